The van der Waals surface area contributed by atoms with Gasteiger partial charge in [-0.05, 0) is 18.4 Å². The highest BCUT2D eigenvalue weighted by Gasteiger charge is 2.14. The van der Waals surface area contributed by atoms with Gasteiger partial charge < -0.3 is 5.73 Å². The number of hydrogen-bond acceptors (Lipinski definition) is 3. The van der Waals surface area contributed by atoms with Crippen molar-refractivity contribution in [1.82, 2.24) is 0 Å². The maximum atomic E-state index is 5.93. The van der Waals surface area contributed by atoms with Crippen LogP contribution in [0.1, 0.15) is 48.5 Å². The smallest absolute Gasteiger partial charge is 0.0670 e. The van der Waals surface area contributed by atoms with Crippen LogP contribution in [0.25, 0.3) is 0 Å². The molecule has 0 saturated carbocycles. The van der Waals surface area contributed by atoms with Gasteiger partial charge in [0, 0.05) is 23.1 Å². The van der Waals surface area contributed by atoms with E-state index >= 15 is 0 Å². The summed E-state index contributed by atoms with van der Waals surface area (Å²) < 4.78 is 0. The molecule has 18 heavy (non-hydrogen) atoms. The van der Waals surface area contributed by atoms with Crippen molar-refractivity contribution < 1.29 is 0 Å². The third-order valence-electron chi connectivity index (χ3n) is 2.17. The Bertz CT molecular complexity index is 338. The molecule has 0 rings (SSSR count). The van der Waals surface area contributed by atoms with Crippen molar-refractivity contribution in [2.24, 2.45) is 21.6 Å². The fraction of sp³-hybridized carbons (Fsp3) is 0.667. The summed E-state index contributed by atoms with van der Waals surface area (Å²) in [6.45, 7) is 15.1. The summed E-state index contributed by atoms with van der Waals surface area (Å²) in [6.07, 6.45) is 5.72. The molecule has 0 saturated heterocycles. The number of rotatable bonds is 4. The molecule has 0 aromatic rings. The van der Waals surface area contributed by atoms with Gasteiger partial charge in [-0.1, -0.05) is 47.6 Å². The standard InChI is InChI=1S/C15H28N2S/c1-8-12(15(5,6)7)17-10-9-13(16)18-11-14(2,3)4/h8-10H,11,16H2,1-7H3/b12-8-,13-9+,17-10-. The zero-order chi connectivity index (χ0) is 14.4. The summed E-state index contributed by atoms with van der Waals surface area (Å²) in [5.41, 5.74) is 7.37. The van der Waals surface area contributed by atoms with E-state index in [-0.39, 0.29) is 5.41 Å². The molecule has 0 bridgehead atoms. The van der Waals surface area contributed by atoms with Crippen LogP contribution in [-0.4, -0.2) is 12.0 Å². The topological polar surface area (TPSA) is 38.4 Å². The molecular formula is C15H28N2S. The number of nitrogens with zero attached hydrogens (tertiary/aromatic N) is 1. The van der Waals surface area contributed by atoms with Crippen LogP contribution in [0.3, 0.4) is 0 Å². The molecule has 0 heterocycles. The Morgan fingerprint density at radius 2 is 1.72 bits per heavy atom. The van der Waals surface area contributed by atoms with Gasteiger partial charge in [-0.2, -0.15) is 0 Å². The third-order valence-corrected chi connectivity index (χ3v) is 3.65. The fourth-order valence-electron chi connectivity index (χ4n) is 1.24. The Balaban J connectivity index is 4.46. The second-order valence-electron chi connectivity index (χ2n) is 6.62. The van der Waals surface area contributed by atoms with Crippen LogP contribution in [0.2, 0.25) is 0 Å². The maximum Gasteiger partial charge on any atom is 0.0670 e. The molecule has 0 atom stereocenters. The minimum Gasteiger partial charge on any atom is -0.393 e. The summed E-state index contributed by atoms with van der Waals surface area (Å²) in [5.74, 6) is 1.01. The summed E-state index contributed by atoms with van der Waals surface area (Å²) in [6, 6.07) is 0. The van der Waals surface area contributed by atoms with E-state index in [1.54, 1.807) is 18.0 Å². The Labute approximate surface area is 117 Å². The molecule has 0 fully saturated rings. The minimum absolute atomic E-state index is 0.0758. The molecule has 104 valence electrons. The molecular weight excluding hydrogens is 240 g/mol. The molecule has 0 aromatic heterocycles. The van der Waals surface area contributed by atoms with Crippen LogP contribution >= 0.6 is 11.8 Å². The summed E-state index contributed by atoms with van der Waals surface area (Å²) >= 11 is 1.68. The average Bonchev–Trinajstić information content (AvgIpc) is 2.18. The maximum absolute atomic E-state index is 5.93. The molecule has 0 radical (unpaired) electrons. The highest BCUT2D eigenvalue weighted by molar-refractivity contribution is 8.03. The number of allylic oxidation sites excluding steroid dienone is 3. The highest BCUT2D eigenvalue weighted by Crippen LogP contribution is 2.26. The molecule has 0 aromatic carbocycles. The van der Waals surface area contributed by atoms with Gasteiger partial charge in [0.15, 0.2) is 0 Å². The van der Waals surface area contributed by atoms with Crippen LogP contribution in [0.4, 0.5) is 0 Å². The van der Waals surface area contributed by atoms with Gasteiger partial charge in [0.05, 0.1) is 5.03 Å². The monoisotopic (exact) mass is 268 g/mol. The van der Waals surface area contributed by atoms with Crippen LogP contribution in [0.5, 0.6) is 0 Å². The van der Waals surface area contributed by atoms with Crippen molar-refractivity contribution in [2.75, 3.05) is 5.75 Å². The number of nitrogens with two attached hydrogens (primary N) is 1. The zero-order valence-corrected chi connectivity index (χ0v) is 13.7. The fourth-order valence-corrected chi connectivity index (χ4v) is 2.00. The molecule has 0 unspecified atom stereocenters. The van der Waals surface area contributed by atoms with Crippen molar-refractivity contribution in [1.29, 1.82) is 0 Å². The Morgan fingerprint density at radius 3 is 2.11 bits per heavy atom. The first kappa shape index (κ1) is 17.3. The molecule has 2 N–H and O–H groups in total. The highest BCUT2D eigenvalue weighted by atomic mass is 32.2. The van der Waals surface area contributed by atoms with Crippen molar-refractivity contribution in [3.63, 3.8) is 0 Å². The molecule has 0 aliphatic heterocycles. The molecule has 2 nitrogen and oxygen atoms in total. The minimum atomic E-state index is 0.0758. The van der Waals surface area contributed by atoms with Crippen molar-refractivity contribution in [3.05, 3.63) is 22.9 Å². The van der Waals surface area contributed by atoms with Crippen LogP contribution < -0.4 is 5.73 Å². The number of hydrogen-bond donors (Lipinski definition) is 1. The Hall–Kier alpha value is -0.700. The van der Waals surface area contributed by atoms with Gasteiger partial charge in [0.2, 0.25) is 0 Å². The average molecular weight is 268 g/mol. The number of thioether (sulfide) groups is 1. The summed E-state index contributed by atoms with van der Waals surface area (Å²) in [5, 5.41) is 0.818. The molecule has 0 aliphatic rings. The van der Waals surface area contributed by atoms with Crippen molar-refractivity contribution >= 4 is 18.0 Å². The first-order chi connectivity index (χ1) is 8.06. The van der Waals surface area contributed by atoms with E-state index in [9.17, 15) is 0 Å². The lowest BCUT2D eigenvalue weighted by molar-refractivity contribution is 0.481. The van der Waals surface area contributed by atoms with E-state index in [0.717, 1.165) is 16.5 Å². The molecule has 3 heteroatoms. The van der Waals surface area contributed by atoms with E-state index in [0.29, 0.717) is 5.41 Å². The Kier molecular flexibility index (Phi) is 6.76. The molecule has 0 amide bonds. The van der Waals surface area contributed by atoms with Gasteiger partial charge >= 0.3 is 0 Å². The van der Waals surface area contributed by atoms with Gasteiger partial charge in [-0.3, -0.25) is 4.99 Å². The number of aliphatic imine (C=N–C) groups is 1. The van der Waals surface area contributed by atoms with Crippen LogP contribution in [0.15, 0.2) is 27.9 Å². The van der Waals surface area contributed by atoms with Crippen molar-refractivity contribution in [3.8, 4) is 0 Å². The van der Waals surface area contributed by atoms with Gasteiger partial charge in [-0.15, -0.1) is 11.8 Å². The molecule has 0 aliphatic carbocycles. The second kappa shape index (κ2) is 7.03. The Morgan fingerprint density at radius 1 is 1.17 bits per heavy atom. The second-order valence-corrected chi connectivity index (χ2v) is 7.67. The van der Waals surface area contributed by atoms with E-state index in [2.05, 4.69) is 46.5 Å². The lowest BCUT2D eigenvalue weighted by atomic mass is 9.92. The van der Waals surface area contributed by atoms with Crippen LogP contribution in [0, 0.1) is 10.8 Å². The SMILES string of the molecule is C\C=C(/N=C\C=C(/N)SCC(C)(C)C)C(C)(C)C. The largest absolute Gasteiger partial charge is 0.393 e. The lowest BCUT2D eigenvalue weighted by Crippen LogP contribution is -2.10. The van der Waals surface area contributed by atoms with Gasteiger partial charge in [0.25, 0.3) is 0 Å². The predicted molar refractivity (Wildman–Crippen MR) is 85.9 cm³/mol. The van der Waals surface area contributed by atoms with E-state index in [1.807, 2.05) is 19.1 Å². The third kappa shape index (κ3) is 8.40. The summed E-state index contributed by atoms with van der Waals surface area (Å²) in [7, 11) is 0. The quantitative estimate of drug-likeness (QED) is 0.757. The molecule has 0 spiro atoms. The lowest BCUT2D eigenvalue weighted by Gasteiger charge is -2.18. The summed E-state index contributed by atoms with van der Waals surface area (Å²) in [4.78, 5) is 4.46. The van der Waals surface area contributed by atoms with Crippen LogP contribution in [-0.2, 0) is 0 Å². The zero-order valence-electron chi connectivity index (χ0n) is 12.9. The van der Waals surface area contributed by atoms with E-state index in [4.69, 9.17) is 5.73 Å². The normalized spacial score (nSPS) is 15.5. The first-order valence-corrected chi connectivity index (χ1v) is 7.34. The van der Waals surface area contributed by atoms with Gasteiger partial charge in [0.1, 0.15) is 0 Å². The van der Waals surface area contributed by atoms with Gasteiger partial charge in [-0.25, -0.2) is 0 Å². The first-order valence-electron chi connectivity index (χ1n) is 6.35. The van der Waals surface area contributed by atoms with E-state index < -0.39 is 0 Å². The van der Waals surface area contributed by atoms with Crippen molar-refractivity contribution in [2.45, 2.75) is 48.5 Å². The predicted octanol–water partition coefficient (Wildman–Crippen LogP) is 4.59. The van der Waals surface area contributed by atoms with E-state index in [1.165, 1.54) is 0 Å².